The molecule has 1 aromatic rings. The van der Waals surface area contributed by atoms with Crippen molar-refractivity contribution in [3.8, 4) is 0 Å². The molecular formula is C13H20N2O5S2. The van der Waals surface area contributed by atoms with E-state index in [9.17, 15) is 16.8 Å². The van der Waals surface area contributed by atoms with Crippen molar-refractivity contribution in [1.82, 2.24) is 4.31 Å². The molecule has 0 radical (unpaired) electrons. The van der Waals surface area contributed by atoms with Crippen LogP contribution in [-0.4, -0.2) is 52.7 Å². The lowest BCUT2D eigenvalue weighted by molar-refractivity contribution is 0.0102. The molecule has 7 nitrogen and oxygen atoms in total. The van der Waals surface area contributed by atoms with Gasteiger partial charge in [-0.1, -0.05) is 0 Å². The Morgan fingerprint density at radius 2 is 1.86 bits per heavy atom. The van der Waals surface area contributed by atoms with E-state index in [1.165, 1.54) is 35.5 Å². The van der Waals surface area contributed by atoms with Gasteiger partial charge in [0.05, 0.1) is 23.4 Å². The minimum atomic E-state index is -3.58. The van der Waals surface area contributed by atoms with Crippen LogP contribution in [0.4, 0.5) is 5.69 Å². The average molecular weight is 348 g/mol. The fourth-order valence-electron chi connectivity index (χ4n) is 2.10. The molecule has 1 fully saturated rings. The normalized spacial score (nSPS) is 20.7. The summed E-state index contributed by atoms with van der Waals surface area (Å²) in [5.74, 6) is -0.0429. The maximum absolute atomic E-state index is 12.5. The first-order chi connectivity index (χ1) is 10.2. The number of benzene rings is 1. The molecular weight excluding hydrogens is 328 g/mol. The third-order valence-corrected chi connectivity index (χ3v) is 6.54. The van der Waals surface area contributed by atoms with E-state index in [2.05, 4.69) is 4.72 Å². The third-order valence-electron chi connectivity index (χ3n) is 3.35. The highest BCUT2D eigenvalue weighted by atomic mass is 32.2. The first-order valence-electron chi connectivity index (χ1n) is 6.97. The number of hydrogen-bond donors (Lipinski definition) is 1. The summed E-state index contributed by atoms with van der Waals surface area (Å²) in [6.07, 6.45) is -0.140. The second-order valence-corrected chi connectivity index (χ2v) is 9.02. The third kappa shape index (κ3) is 3.97. The fraction of sp³-hybridized carbons (Fsp3) is 0.538. The summed E-state index contributed by atoms with van der Waals surface area (Å²) < 4.78 is 57.1. The van der Waals surface area contributed by atoms with Crippen molar-refractivity contribution >= 4 is 25.7 Å². The van der Waals surface area contributed by atoms with E-state index in [0.717, 1.165) is 0 Å². The lowest BCUT2D eigenvalue weighted by atomic mass is 10.3. The highest BCUT2D eigenvalue weighted by Crippen LogP contribution is 2.21. The molecule has 22 heavy (non-hydrogen) atoms. The Kier molecular flexibility index (Phi) is 5.10. The van der Waals surface area contributed by atoms with Gasteiger partial charge in [0, 0.05) is 18.8 Å². The number of rotatable bonds is 5. The maximum Gasteiger partial charge on any atom is 0.243 e. The van der Waals surface area contributed by atoms with Gasteiger partial charge in [0.1, 0.15) is 0 Å². The zero-order valence-corrected chi connectivity index (χ0v) is 14.2. The molecule has 9 heteroatoms. The Bertz CT molecular complexity index is 713. The number of anilines is 1. The zero-order chi connectivity index (χ0) is 16.4. The molecule has 1 unspecified atom stereocenters. The van der Waals surface area contributed by atoms with Gasteiger partial charge in [0.15, 0.2) is 0 Å². The number of morpholine rings is 1. The van der Waals surface area contributed by atoms with E-state index in [1.807, 2.05) is 6.92 Å². The Hall–Kier alpha value is -1.16. The van der Waals surface area contributed by atoms with Crippen LogP contribution in [-0.2, 0) is 24.8 Å². The smallest absolute Gasteiger partial charge is 0.243 e. The molecule has 0 aromatic heterocycles. The van der Waals surface area contributed by atoms with Crippen molar-refractivity contribution in [3.05, 3.63) is 24.3 Å². The van der Waals surface area contributed by atoms with Crippen LogP contribution in [0.3, 0.4) is 0 Å². The monoisotopic (exact) mass is 348 g/mol. The molecule has 1 heterocycles. The van der Waals surface area contributed by atoms with E-state index >= 15 is 0 Å². The van der Waals surface area contributed by atoms with Crippen molar-refractivity contribution in [2.24, 2.45) is 0 Å². The largest absolute Gasteiger partial charge is 0.376 e. The predicted molar refractivity (Wildman–Crippen MR) is 83.7 cm³/mol. The van der Waals surface area contributed by atoms with Gasteiger partial charge >= 0.3 is 0 Å². The number of ether oxygens (including phenoxy) is 1. The standard InChI is InChI=1S/C13H20N2O5S2/c1-3-21(16,17)14-12-4-6-13(7-5-12)22(18,19)15-8-9-20-11(2)10-15/h4-7,11,14H,3,8-10H2,1-2H3. The Morgan fingerprint density at radius 3 is 2.41 bits per heavy atom. The molecule has 1 aliphatic rings. The van der Waals surface area contributed by atoms with Gasteiger partial charge < -0.3 is 4.74 Å². The van der Waals surface area contributed by atoms with Crippen molar-refractivity contribution in [2.75, 3.05) is 30.2 Å². The summed E-state index contributed by atoms with van der Waals surface area (Å²) in [7, 11) is -6.96. The van der Waals surface area contributed by atoms with Crippen LogP contribution < -0.4 is 4.72 Å². The van der Waals surface area contributed by atoms with Crippen LogP contribution >= 0.6 is 0 Å². The highest BCUT2D eigenvalue weighted by Gasteiger charge is 2.29. The summed E-state index contributed by atoms with van der Waals surface area (Å²) in [5, 5.41) is 0. The number of hydrogen-bond acceptors (Lipinski definition) is 5. The second kappa shape index (κ2) is 6.53. The van der Waals surface area contributed by atoms with Crippen LogP contribution in [0.25, 0.3) is 0 Å². The van der Waals surface area contributed by atoms with E-state index in [0.29, 0.717) is 25.4 Å². The van der Waals surface area contributed by atoms with E-state index in [-0.39, 0.29) is 16.8 Å². The van der Waals surface area contributed by atoms with E-state index < -0.39 is 20.0 Å². The molecule has 0 amide bonds. The van der Waals surface area contributed by atoms with E-state index in [1.54, 1.807) is 0 Å². The summed E-state index contributed by atoms with van der Waals surface area (Å²) in [6, 6.07) is 5.71. The Balaban J connectivity index is 2.19. The number of sulfonamides is 2. The molecule has 0 bridgehead atoms. The van der Waals surface area contributed by atoms with Gasteiger partial charge in [-0.25, -0.2) is 16.8 Å². The Labute approximate surface area is 131 Å². The summed E-state index contributed by atoms with van der Waals surface area (Å²) in [6.45, 7) is 4.35. The first kappa shape index (κ1) is 17.2. The quantitative estimate of drug-likeness (QED) is 0.852. The minimum Gasteiger partial charge on any atom is -0.376 e. The van der Waals surface area contributed by atoms with Crippen molar-refractivity contribution in [3.63, 3.8) is 0 Å². The topological polar surface area (TPSA) is 92.8 Å². The van der Waals surface area contributed by atoms with Crippen LogP contribution in [0, 0.1) is 0 Å². The van der Waals surface area contributed by atoms with Gasteiger partial charge in [0.2, 0.25) is 20.0 Å². The van der Waals surface area contributed by atoms with Gasteiger partial charge in [-0.05, 0) is 38.1 Å². The molecule has 1 aromatic carbocycles. The van der Waals surface area contributed by atoms with E-state index in [4.69, 9.17) is 4.74 Å². The average Bonchev–Trinajstić information content (AvgIpc) is 2.47. The lowest BCUT2D eigenvalue weighted by Crippen LogP contribution is -2.44. The fourth-order valence-corrected chi connectivity index (χ4v) is 4.24. The van der Waals surface area contributed by atoms with Crippen LogP contribution in [0.2, 0.25) is 0 Å². The molecule has 1 atom stereocenters. The van der Waals surface area contributed by atoms with Crippen molar-refractivity contribution in [1.29, 1.82) is 0 Å². The van der Waals surface area contributed by atoms with Crippen molar-refractivity contribution < 1.29 is 21.6 Å². The number of nitrogens with zero attached hydrogens (tertiary/aromatic N) is 1. The molecule has 1 aliphatic heterocycles. The summed E-state index contributed by atoms with van der Waals surface area (Å²) in [5.41, 5.74) is 0.344. The molecule has 1 N–H and O–H groups in total. The van der Waals surface area contributed by atoms with Crippen molar-refractivity contribution in [2.45, 2.75) is 24.8 Å². The summed E-state index contributed by atoms with van der Waals surface area (Å²) >= 11 is 0. The molecule has 2 rings (SSSR count). The van der Waals surface area contributed by atoms with Gasteiger partial charge in [-0.3, -0.25) is 4.72 Å². The van der Waals surface area contributed by atoms with Gasteiger partial charge in [0.25, 0.3) is 0 Å². The summed E-state index contributed by atoms with van der Waals surface area (Å²) in [4.78, 5) is 0.140. The number of nitrogens with one attached hydrogen (secondary N) is 1. The van der Waals surface area contributed by atoms with Gasteiger partial charge in [-0.2, -0.15) is 4.31 Å². The second-order valence-electron chi connectivity index (χ2n) is 5.07. The lowest BCUT2D eigenvalue weighted by Gasteiger charge is -2.30. The van der Waals surface area contributed by atoms with Crippen LogP contribution in [0.5, 0.6) is 0 Å². The first-order valence-corrected chi connectivity index (χ1v) is 10.1. The highest BCUT2D eigenvalue weighted by molar-refractivity contribution is 7.92. The molecule has 124 valence electrons. The van der Waals surface area contributed by atoms with Crippen LogP contribution in [0.1, 0.15) is 13.8 Å². The molecule has 0 spiro atoms. The predicted octanol–water partition coefficient (Wildman–Crippen LogP) is 0.858. The maximum atomic E-state index is 12.5. The molecule has 0 saturated carbocycles. The van der Waals surface area contributed by atoms with Gasteiger partial charge in [-0.15, -0.1) is 0 Å². The Morgan fingerprint density at radius 1 is 1.23 bits per heavy atom. The molecule has 0 aliphatic carbocycles. The zero-order valence-electron chi connectivity index (χ0n) is 12.5. The molecule has 1 saturated heterocycles. The minimum absolute atomic E-state index is 0.0429. The van der Waals surface area contributed by atoms with Crippen LogP contribution in [0.15, 0.2) is 29.2 Å². The SMILES string of the molecule is CCS(=O)(=O)Nc1ccc(S(=O)(=O)N2CCOC(C)C2)cc1.